The summed E-state index contributed by atoms with van der Waals surface area (Å²) in [6.07, 6.45) is 8.36. The highest BCUT2D eigenvalue weighted by atomic mass is 16.5. The van der Waals surface area contributed by atoms with Crippen molar-refractivity contribution in [2.24, 2.45) is 13.0 Å². The van der Waals surface area contributed by atoms with Crippen molar-refractivity contribution < 1.29 is 9.53 Å². The van der Waals surface area contributed by atoms with E-state index in [2.05, 4.69) is 20.3 Å². The molecule has 2 aromatic rings. The fourth-order valence-electron chi connectivity index (χ4n) is 3.78. The number of rotatable bonds is 5. The van der Waals surface area contributed by atoms with Crippen LogP contribution in [0.3, 0.4) is 0 Å². The van der Waals surface area contributed by atoms with Gasteiger partial charge in [-0.1, -0.05) is 6.07 Å². The zero-order valence-corrected chi connectivity index (χ0v) is 14.3. The van der Waals surface area contributed by atoms with Crippen LogP contribution in [0.2, 0.25) is 0 Å². The maximum Gasteiger partial charge on any atom is 0.226 e. The smallest absolute Gasteiger partial charge is 0.226 e. The van der Waals surface area contributed by atoms with E-state index in [0.29, 0.717) is 6.54 Å². The number of likely N-dealkylation sites (tertiary alicyclic amines) is 1. The summed E-state index contributed by atoms with van der Waals surface area (Å²) < 4.78 is 7.84. The van der Waals surface area contributed by atoms with Gasteiger partial charge in [0.2, 0.25) is 5.91 Å². The summed E-state index contributed by atoms with van der Waals surface area (Å²) in [7, 11) is 1.93. The Balaban J connectivity index is 1.33. The first-order valence-corrected chi connectivity index (χ1v) is 8.69. The van der Waals surface area contributed by atoms with Gasteiger partial charge in [-0.15, -0.1) is 0 Å². The van der Waals surface area contributed by atoms with Crippen molar-refractivity contribution in [3.63, 3.8) is 0 Å². The molecule has 0 radical (unpaired) electrons. The number of carbonyl (C=O) groups is 1. The summed E-state index contributed by atoms with van der Waals surface area (Å²) in [5.41, 5.74) is 2.21. The van der Waals surface area contributed by atoms with E-state index in [0.717, 1.165) is 31.6 Å². The van der Waals surface area contributed by atoms with Crippen LogP contribution < -0.4 is 5.32 Å². The lowest BCUT2D eigenvalue weighted by Gasteiger charge is -2.32. The molecule has 4 rings (SSSR count). The van der Waals surface area contributed by atoms with Gasteiger partial charge >= 0.3 is 0 Å². The zero-order chi connectivity index (χ0) is 17.2. The molecule has 0 aromatic carbocycles. The molecule has 132 valence electrons. The number of carbonyl (C=O) groups excluding carboxylic acids is 1. The molecule has 2 aliphatic rings. The number of pyridine rings is 1. The third-order valence-corrected chi connectivity index (χ3v) is 4.92. The van der Waals surface area contributed by atoms with Gasteiger partial charge in [0.05, 0.1) is 24.3 Å². The van der Waals surface area contributed by atoms with Crippen LogP contribution >= 0.6 is 0 Å². The van der Waals surface area contributed by atoms with E-state index in [-0.39, 0.29) is 24.0 Å². The molecule has 0 spiro atoms. The van der Waals surface area contributed by atoms with Crippen molar-refractivity contribution in [2.45, 2.75) is 31.7 Å². The van der Waals surface area contributed by atoms with Crippen LogP contribution in [0, 0.1) is 5.92 Å². The predicted molar refractivity (Wildman–Crippen MR) is 91.3 cm³/mol. The number of aryl methyl sites for hydroxylation is 1. The Bertz CT molecular complexity index is 732. The number of nitrogens with one attached hydrogen (secondary N) is 1. The second-order valence-electron chi connectivity index (χ2n) is 6.93. The number of morpholine rings is 1. The number of aromatic nitrogens is 3. The highest BCUT2D eigenvalue weighted by Crippen LogP contribution is 2.32. The van der Waals surface area contributed by atoms with Gasteiger partial charge in [-0.2, -0.15) is 5.10 Å². The Hall–Kier alpha value is -2.25. The molecule has 2 aliphatic heterocycles. The maximum absolute atomic E-state index is 12.6. The lowest BCUT2D eigenvalue weighted by molar-refractivity contribution is -0.128. The Morgan fingerprint density at radius 1 is 1.36 bits per heavy atom. The largest absolute Gasteiger partial charge is 0.371 e. The number of amides is 1. The van der Waals surface area contributed by atoms with Crippen LogP contribution in [-0.2, 0) is 29.7 Å². The molecule has 25 heavy (non-hydrogen) atoms. The highest BCUT2D eigenvalue weighted by molar-refractivity contribution is 5.79. The van der Waals surface area contributed by atoms with Crippen molar-refractivity contribution in [1.29, 1.82) is 0 Å². The second-order valence-corrected chi connectivity index (χ2v) is 6.93. The van der Waals surface area contributed by atoms with Crippen LogP contribution in [0.4, 0.5) is 0 Å². The molecule has 7 heteroatoms. The molecule has 1 N–H and O–H groups in total. The van der Waals surface area contributed by atoms with E-state index in [1.165, 1.54) is 5.56 Å². The molecule has 7 nitrogen and oxygen atoms in total. The number of hydrogen-bond donors (Lipinski definition) is 1. The van der Waals surface area contributed by atoms with Crippen molar-refractivity contribution >= 4 is 5.91 Å². The first-order chi connectivity index (χ1) is 12.2. The minimum atomic E-state index is -0.0689. The molecule has 2 saturated heterocycles. The number of fused-ring (bicyclic) bond motifs is 2. The summed E-state index contributed by atoms with van der Waals surface area (Å²) >= 11 is 0. The molecule has 2 fully saturated rings. The minimum Gasteiger partial charge on any atom is -0.371 e. The molecule has 1 amide bonds. The van der Waals surface area contributed by atoms with Gasteiger partial charge in [0.15, 0.2) is 0 Å². The van der Waals surface area contributed by atoms with Crippen LogP contribution in [0.1, 0.15) is 17.5 Å². The van der Waals surface area contributed by atoms with Crippen LogP contribution in [0.15, 0.2) is 36.9 Å². The summed E-state index contributed by atoms with van der Waals surface area (Å²) in [6.45, 7) is 3.03. The van der Waals surface area contributed by atoms with Gasteiger partial charge in [0.25, 0.3) is 0 Å². The Labute approximate surface area is 147 Å². The number of ether oxygens (including phenoxy) is 1. The second kappa shape index (κ2) is 6.93. The van der Waals surface area contributed by atoms with Crippen LogP contribution in [0.25, 0.3) is 0 Å². The Morgan fingerprint density at radius 3 is 3.04 bits per heavy atom. The average Bonchev–Trinajstić information content (AvgIpc) is 3.16. The quantitative estimate of drug-likeness (QED) is 0.868. The fraction of sp³-hybridized carbons (Fsp3) is 0.500. The van der Waals surface area contributed by atoms with E-state index in [4.69, 9.17) is 4.74 Å². The maximum atomic E-state index is 12.6. The minimum absolute atomic E-state index is 0.0238. The molecular formula is C18H23N5O2. The van der Waals surface area contributed by atoms with Gasteiger partial charge in [0.1, 0.15) is 0 Å². The summed E-state index contributed by atoms with van der Waals surface area (Å²) in [5.74, 6) is 0.0140. The zero-order valence-electron chi connectivity index (χ0n) is 14.3. The summed E-state index contributed by atoms with van der Waals surface area (Å²) in [4.78, 5) is 19.0. The van der Waals surface area contributed by atoms with E-state index < -0.39 is 0 Å². The SMILES string of the molecule is Cn1cc(CN2CC3CC(C(=O)NCc4cccnc4)C(C2)O3)cn1. The number of hydrogen-bond acceptors (Lipinski definition) is 5. The average molecular weight is 341 g/mol. The first-order valence-electron chi connectivity index (χ1n) is 8.69. The van der Waals surface area contributed by atoms with Crippen molar-refractivity contribution in [3.8, 4) is 0 Å². The molecule has 4 heterocycles. The Kier molecular flexibility index (Phi) is 4.50. The summed E-state index contributed by atoms with van der Waals surface area (Å²) in [5, 5.41) is 7.25. The lowest BCUT2D eigenvalue weighted by Crippen LogP contribution is -2.44. The molecule has 3 atom stereocenters. The van der Waals surface area contributed by atoms with Gasteiger partial charge in [-0.3, -0.25) is 19.4 Å². The molecule has 2 bridgehead atoms. The normalized spacial score (nSPS) is 25.9. The summed E-state index contributed by atoms with van der Waals surface area (Å²) in [6, 6.07) is 3.84. The monoisotopic (exact) mass is 341 g/mol. The molecular weight excluding hydrogens is 318 g/mol. The van der Waals surface area contributed by atoms with Crippen molar-refractivity contribution in [2.75, 3.05) is 13.1 Å². The van der Waals surface area contributed by atoms with E-state index >= 15 is 0 Å². The third kappa shape index (κ3) is 3.72. The fourth-order valence-corrected chi connectivity index (χ4v) is 3.78. The van der Waals surface area contributed by atoms with Crippen LogP contribution in [-0.4, -0.2) is 50.9 Å². The molecule has 0 saturated carbocycles. The molecule has 2 aromatic heterocycles. The van der Waals surface area contributed by atoms with Crippen molar-refractivity contribution in [1.82, 2.24) is 25.0 Å². The third-order valence-electron chi connectivity index (χ3n) is 4.92. The topological polar surface area (TPSA) is 72.3 Å². The van der Waals surface area contributed by atoms with E-state index in [9.17, 15) is 4.79 Å². The van der Waals surface area contributed by atoms with E-state index in [1.54, 1.807) is 12.4 Å². The lowest BCUT2D eigenvalue weighted by atomic mass is 9.99. The number of nitrogens with zero attached hydrogens (tertiary/aromatic N) is 4. The van der Waals surface area contributed by atoms with Crippen molar-refractivity contribution in [3.05, 3.63) is 48.0 Å². The van der Waals surface area contributed by atoms with Gasteiger partial charge in [-0.25, -0.2) is 0 Å². The molecule has 3 unspecified atom stereocenters. The standard InChI is InChI=1S/C18H23N5O2/c1-22-9-14(8-21-22)10-23-11-15-5-16(17(12-23)25-15)18(24)20-7-13-3-2-4-19-6-13/h2-4,6,8-9,15-17H,5,7,10-12H2,1H3,(H,20,24). The first kappa shape index (κ1) is 16.2. The highest BCUT2D eigenvalue weighted by Gasteiger charge is 2.44. The Morgan fingerprint density at radius 2 is 2.28 bits per heavy atom. The molecule has 0 aliphatic carbocycles. The van der Waals surface area contributed by atoms with Gasteiger partial charge < -0.3 is 10.1 Å². The van der Waals surface area contributed by atoms with Gasteiger partial charge in [-0.05, 0) is 18.1 Å². The van der Waals surface area contributed by atoms with Gasteiger partial charge in [0, 0.05) is 57.4 Å². The van der Waals surface area contributed by atoms with E-state index in [1.807, 2.05) is 36.3 Å². The predicted octanol–water partition coefficient (Wildman–Crippen LogP) is 0.721. The van der Waals surface area contributed by atoms with Crippen LogP contribution in [0.5, 0.6) is 0 Å².